The lowest BCUT2D eigenvalue weighted by molar-refractivity contribution is 0.0975. The maximum Gasteiger partial charge on any atom is 0.260 e. The zero-order valence-electron chi connectivity index (χ0n) is 7.93. The van der Waals surface area contributed by atoms with Gasteiger partial charge in [0.15, 0.2) is 5.17 Å². The molecule has 1 heterocycles. The molecule has 0 spiro atoms. The fraction of sp³-hybridized carbons (Fsp3) is 0.200. The molecule has 1 aliphatic heterocycles. The lowest BCUT2D eigenvalue weighted by atomic mass is 10.2. The Hall–Kier alpha value is -1.49. The molecule has 0 aromatic heterocycles. The third-order valence-electron chi connectivity index (χ3n) is 1.95. The number of benzene rings is 1. The van der Waals surface area contributed by atoms with Gasteiger partial charge < -0.3 is 10.4 Å². The van der Waals surface area contributed by atoms with Crippen molar-refractivity contribution in [2.24, 2.45) is 4.99 Å². The average Bonchev–Trinajstić information content (AvgIpc) is 2.71. The lowest BCUT2D eigenvalue weighted by Crippen LogP contribution is -2.27. The molecule has 0 saturated carbocycles. The monoisotopic (exact) mass is 222 g/mol. The van der Waals surface area contributed by atoms with Crippen molar-refractivity contribution < 1.29 is 9.90 Å². The van der Waals surface area contributed by atoms with Gasteiger partial charge in [-0.2, -0.15) is 0 Å². The van der Waals surface area contributed by atoms with Crippen LogP contribution in [0.1, 0.15) is 10.4 Å². The molecule has 2 N–H and O–H groups in total. The number of aliphatic imine (C=N–C) groups is 1. The minimum Gasteiger partial charge on any atom is -0.507 e. The minimum absolute atomic E-state index is 0.0152. The summed E-state index contributed by atoms with van der Waals surface area (Å²) in [4.78, 5) is 15.8. The van der Waals surface area contributed by atoms with Crippen molar-refractivity contribution in [1.82, 2.24) is 5.32 Å². The maximum absolute atomic E-state index is 11.7. The van der Waals surface area contributed by atoms with Gasteiger partial charge in [-0.15, -0.1) is 0 Å². The van der Waals surface area contributed by atoms with Crippen LogP contribution in [-0.4, -0.2) is 28.5 Å². The summed E-state index contributed by atoms with van der Waals surface area (Å²) >= 11 is 1.51. The van der Waals surface area contributed by atoms with Crippen LogP contribution < -0.4 is 5.32 Å². The number of amidine groups is 1. The molecule has 4 nitrogen and oxygen atoms in total. The Labute approximate surface area is 91.4 Å². The number of aromatic hydroxyl groups is 1. The standard InChI is InChI=1S/C10H10N2O2S/c13-8-4-2-1-3-7(8)9(14)12-10-11-5-6-15-10/h1-4,13H,5-6H2,(H,11,12,14). The van der Waals surface area contributed by atoms with Gasteiger partial charge in [-0.1, -0.05) is 23.9 Å². The zero-order valence-corrected chi connectivity index (χ0v) is 8.75. The Morgan fingerprint density at radius 2 is 2.27 bits per heavy atom. The van der Waals surface area contributed by atoms with Crippen LogP contribution in [0.2, 0.25) is 0 Å². The van der Waals surface area contributed by atoms with E-state index >= 15 is 0 Å². The van der Waals surface area contributed by atoms with Crippen LogP contribution >= 0.6 is 11.8 Å². The lowest BCUT2D eigenvalue weighted by Gasteiger charge is -2.04. The minimum atomic E-state index is -0.318. The third kappa shape index (κ3) is 2.30. The molecule has 1 aromatic carbocycles. The van der Waals surface area contributed by atoms with Gasteiger partial charge in [0.2, 0.25) is 0 Å². The highest BCUT2D eigenvalue weighted by Crippen LogP contribution is 2.16. The predicted octanol–water partition coefficient (Wildman–Crippen LogP) is 1.22. The van der Waals surface area contributed by atoms with Gasteiger partial charge in [-0.25, -0.2) is 0 Å². The van der Waals surface area contributed by atoms with E-state index in [0.717, 1.165) is 12.3 Å². The number of amides is 1. The first-order chi connectivity index (χ1) is 7.27. The molecule has 0 unspecified atom stereocenters. The highest BCUT2D eigenvalue weighted by molar-refractivity contribution is 8.14. The number of phenolic OH excluding ortho intramolecular Hbond substituents is 1. The Bertz CT molecular complexity index is 418. The predicted molar refractivity (Wildman–Crippen MR) is 60.3 cm³/mol. The van der Waals surface area contributed by atoms with Crippen molar-refractivity contribution in [3.8, 4) is 5.75 Å². The summed E-state index contributed by atoms with van der Waals surface area (Å²) in [5.41, 5.74) is 0.271. The van der Waals surface area contributed by atoms with Crippen molar-refractivity contribution in [3.63, 3.8) is 0 Å². The van der Waals surface area contributed by atoms with Crippen molar-refractivity contribution in [3.05, 3.63) is 29.8 Å². The number of para-hydroxylation sites is 1. The van der Waals surface area contributed by atoms with Crippen LogP contribution in [-0.2, 0) is 0 Å². The molecule has 0 aliphatic carbocycles. The first kappa shape index (κ1) is 10.0. The number of thioether (sulfide) groups is 1. The molecule has 15 heavy (non-hydrogen) atoms. The molecule has 1 amide bonds. The second-order valence-electron chi connectivity index (χ2n) is 3.01. The molecule has 0 radical (unpaired) electrons. The molecule has 1 aliphatic rings. The van der Waals surface area contributed by atoms with Crippen molar-refractivity contribution in [2.75, 3.05) is 12.3 Å². The molecular formula is C10H10N2O2S. The summed E-state index contributed by atoms with van der Waals surface area (Å²) in [5.74, 6) is 0.566. The quantitative estimate of drug-likeness (QED) is 0.751. The van der Waals surface area contributed by atoms with E-state index in [-0.39, 0.29) is 17.2 Å². The molecule has 0 fully saturated rings. The van der Waals surface area contributed by atoms with Crippen LogP contribution in [0, 0.1) is 0 Å². The van der Waals surface area contributed by atoms with Crippen LogP contribution in [0.4, 0.5) is 0 Å². The first-order valence-electron chi connectivity index (χ1n) is 4.54. The molecule has 0 saturated heterocycles. The number of hydrogen-bond acceptors (Lipinski definition) is 4. The van der Waals surface area contributed by atoms with Crippen molar-refractivity contribution in [1.29, 1.82) is 0 Å². The molecule has 2 rings (SSSR count). The SMILES string of the molecule is O=C(NC1=NCCS1)c1ccccc1O. The number of rotatable bonds is 1. The molecule has 1 aromatic rings. The maximum atomic E-state index is 11.7. The van der Waals surface area contributed by atoms with Crippen LogP contribution in [0.3, 0.4) is 0 Å². The van der Waals surface area contributed by atoms with Crippen LogP contribution in [0.25, 0.3) is 0 Å². The first-order valence-corrected chi connectivity index (χ1v) is 5.52. The van der Waals surface area contributed by atoms with Gasteiger partial charge in [-0.05, 0) is 12.1 Å². The van der Waals surface area contributed by atoms with E-state index in [1.54, 1.807) is 18.2 Å². The van der Waals surface area contributed by atoms with Gasteiger partial charge in [0, 0.05) is 5.75 Å². The van der Waals surface area contributed by atoms with Gasteiger partial charge in [0.1, 0.15) is 5.75 Å². The third-order valence-corrected chi connectivity index (χ3v) is 2.85. The number of nitrogens with zero attached hydrogens (tertiary/aromatic N) is 1. The molecule has 78 valence electrons. The summed E-state index contributed by atoms with van der Waals surface area (Å²) in [6.07, 6.45) is 0. The number of nitrogens with one attached hydrogen (secondary N) is 1. The number of hydrogen-bond donors (Lipinski definition) is 2. The van der Waals surface area contributed by atoms with Crippen LogP contribution in [0.5, 0.6) is 5.75 Å². The fourth-order valence-corrected chi connectivity index (χ4v) is 1.96. The van der Waals surface area contributed by atoms with Crippen LogP contribution in [0.15, 0.2) is 29.3 Å². The number of carbonyl (C=O) groups excluding carboxylic acids is 1. The highest BCUT2D eigenvalue weighted by atomic mass is 32.2. The zero-order chi connectivity index (χ0) is 10.7. The second kappa shape index (κ2) is 4.35. The number of phenols is 1. The Morgan fingerprint density at radius 1 is 1.47 bits per heavy atom. The van der Waals surface area contributed by atoms with E-state index in [1.165, 1.54) is 17.8 Å². The van der Waals surface area contributed by atoms with Crippen molar-refractivity contribution >= 4 is 22.8 Å². The summed E-state index contributed by atoms with van der Waals surface area (Å²) in [6, 6.07) is 6.44. The fourth-order valence-electron chi connectivity index (χ4n) is 1.24. The van der Waals surface area contributed by atoms with Crippen molar-refractivity contribution in [2.45, 2.75) is 0 Å². The number of carbonyl (C=O) groups is 1. The van der Waals surface area contributed by atoms with E-state index in [2.05, 4.69) is 10.3 Å². The second-order valence-corrected chi connectivity index (χ2v) is 4.09. The highest BCUT2D eigenvalue weighted by Gasteiger charge is 2.14. The van der Waals surface area contributed by atoms with E-state index in [4.69, 9.17) is 0 Å². The van der Waals surface area contributed by atoms with Gasteiger partial charge in [0.25, 0.3) is 5.91 Å². The van der Waals surface area contributed by atoms with E-state index in [1.807, 2.05) is 0 Å². The normalized spacial score (nSPS) is 14.8. The van der Waals surface area contributed by atoms with E-state index in [0.29, 0.717) is 5.17 Å². The Kier molecular flexibility index (Phi) is 2.91. The van der Waals surface area contributed by atoms with E-state index in [9.17, 15) is 9.90 Å². The topological polar surface area (TPSA) is 61.7 Å². The summed E-state index contributed by atoms with van der Waals surface area (Å²) < 4.78 is 0. The summed E-state index contributed by atoms with van der Waals surface area (Å²) in [5, 5.41) is 12.7. The molecule has 5 heteroatoms. The molecular weight excluding hydrogens is 212 g/mol. The molecule has 0 atom stereocenters. The average molecular weight is 222 g/mol. The Balaban J connectivity index is 2.11. The Morgan fingerprint density at radius 3 is 2.93 bits per heavy atom. The van der Waals surface area contributed by atoms with Gasteiger partial charge >= 0.3 is 0 Å². The molecule has 0 bridgehead atoms. The smallest absolute Gasteiger partial charge is 0.260 e. The summed E-state index contributed by atoms with van der Waals surface area (Å²) in [7, 11) is 0. The summed E-state index contributed by atoms with van der Waals surface area (Å²) in [6.45, 7) is 0.737. The van der Waals surface area contributed by atoms with Gasteiger partial charge in [0.05, 0.1) is 12.1 Å². The van der Waals surface area contributed by atoms with E-state index < -0.39 is 0 Å². The largest absolute Gasteiger partial charge is 0.507 e. The van der Waals surface area contributed by atoms with Gasteiger partial charge in [-0.3, -0.25) is 9.79 Å².